The number of hydrogen-bond donors (Lipinski definition) is 1. The number of thiophene rings is 1. The molecule has 3 aromatic rings. The molecule has 1 saturated heterocycles. The highest BCUT2D eigenvalue weighted by atomic mass is 32.2. The van der Waals surface area contributed by atoms with Gasteiger partial charge in [0.05, 0.1) is 4.91 Å². The molecule has 2 heterocycles. The number of imide groups is 1. The summed E-state index contributed by atoms with van der Waals surface area (Å²) < 4.78 is 0. The Morgan fingerprint density at radius 3 is 2.64 bits per heavy atom. The first kappa shape index (κ1) is 18.5. The summed E-state index contributed by atoms with van der Waals surface area (Å²) in [5.41, 5.74) is 0.547. The minimum absolute atomic E-state index is 0.145. The number of nitrogens with zero attached hydrogens (tertiary/aromatic N) is 1. The molecule has 1 aliphatic heterocycles. The van der Waals surface area contributed by atoms with Crippen molar-refractivity contribution in [2.75, 3.05) is 13.1 Å². The van der Waals surface area contributed by atoms with Crippen LogP contribution in [0.1, 0.15) is 15.2 Å². The largest absolute Gasteiger partial charge is 0.350 e. The normalized spacial score (nSPS) is 15.6. The Morgan fingerprint density at radius 1 is 1.04 bits per heavy atom. The smallest absolute Gasteiger partial charge is 0.293 e. The minimum atomic E-state index is -0.316. The monoisotopic (exact) mass is 408 g/mol. The van der Waals surface area contributed by atoms with Gasteiger partial charge in [-0.05, 0) is 52.2 Å². The Hall–Kier alpha value is -2.90. The van der Waals surface area contributed by atoms with Crippen molar-refractivity contribution in [2.45, 2.75) is 0 Å². The Labute approximate surface area is 170 Å². The highest BCUT2D eigenvalue weighted by Gasteiger charge is 2.34. The Morgan fingerprint density at radius 2 is 1.86 bits per heavy atom. The van der Waals surface area contributed by atoms with Crippen LogP contribution >= 0.6 is 23.1 Å². The summed E-state index contributed by atoms with van der Waals surface area (Å²) in [6.07, 6.45) is 1.73. The molecule has 0 aliphatic carbocycles. The van der Waals surface area contributed by atoms with E-state index in [-0.39, 0.29) is 30.1 Å². The highest BCUT2D eigenvalue weighted by molar-refractivity contribution is 8.18. The zero-order chi connectivity index (χ0) is 19.5. The lowest BCUT2D eigenvalue weighted by Gasteiger charge is -2.13. The van der Waals surface area contributed by atoms with Crippen molar-refractivity contribution < 1.29 is 14.4 Å². The van der Waals surface area contributed by atoms with Gasteiger partial charge in [-0.3, -0.25) is 19.3 Å². The molecule has 4 rings (SSSR count). The molecule has 28 heavy (non-hydrogen) atoms. The van der Waals surface area contributed by atoms with E-state index in [1.165, 1.54) is 16.2 Å². The molecule has 0 saturated carbocycles. The first-order valence-electron chi connectivity index (χ1n) is 8.68. The van der Waals surface area contributed by atoms with Crippen molar-refractivity contribution >= 4 is 57.0 Å². The van der Waals surface area contributed by atoms with E-state index >= 15 is 0 Å². The summed E-state index contributed by atoms with van der Waals surface area (Å²) in [5.74, 6) is -0.546. The number of thioether (sulfide) groups is 1. The van der Waals surface area contributed by atoms with Gasteiger partial charge in [0, 0.05) is 23.5 Å². The number of rotatable bonds is 5. The Bertz CT molecular complexity index is 1090. The van der Waals surface area contributed by atoms with Crippen molar-refractivity contribution in [2.24, 2.45) is 0 Å². The van der Waals surface area contributed by atoms with E-state index < -0.39 is 0 Å². The molecule has 0 unspecified atom stereocenters. The molecule has 7 heteroatoms. The summed E-state index contributed by atoms with van der Waals surface area (Å²) in [7, 11) is 0. The first-order valence-corrected chi connectivity index (χ1v) is 10.4. The summed E-state index contributed by atoms with van der Waals surface area (Å²) in [5, 5.41) is 6.43. The third-order valence-corrected chi connectivity index (χ3v) is 6.05. The fraction of sp³-hybridized carbons (Fsp3) is 0.0952. The van der Waals surface area contributed by atoms with Crippen molar-refractivity contribution in [3.05, 3.63) is 75.3 Å². The van der Waals surface area contributed by atoms with Crippen LogP contribution in [-0.4, -0.2) is 35.0 Å². The van der Waals surface area contributed by atoms with Crippen molar-refractivity contribution in [1.82, 2.24) is 10.2 Å². The van der Waals surface area contributed by atoms with E-state index in [0.717, 1.165) is 27.4 Å². The lowest BCUT2D eigenvalue weighted by Crippen LogP contribution is -2.37. The van der Waals surface area contributed by atoms with Crippen molar-refractivity contribution in [3.63, 3.8) is 0 Å². The van der Waals surface area contributed by atoms with Crippen LogP contribution in [0.5, 0.6) is 0 Å². The number of fused-ring (bicyclic) bond motifs is 1. The first-order chi connectivity index (χ1) is 13.6. The van der Waals surface area contributed by atoms with Crippen LogP contribution in [0.3, 0.4) is 0 Å². The van der Waals surface area contributed by atoms with Crippen LogP contribution in [-0.2, 0) is 4.79 Å². The summed E-state index contributed by atoms with van der Waals surface area (Å²) in [6.45, 7) is 0.349. The number of amides is 3. The molecule has 5 nitrogen and oxygen atoms in total. The predicted molar refractivity (Wildman–Crippen MR) is 113 cm³/mol. The zero-order valence-corrected chi connectivity index (χ0v) is 16.4. The van der Waals surface area contributed by atoms with Gasteiger partial charge >= 0.3 is 0 Å². The quantitative estimate of drug-likeness (QED) is 0.637. The molecule has 0 atom stereocenters. The summed E-state index contributed by atoms with van der Waals surface area (Å²) in [6, 6.07) is 17.1. The Kier molecular flexibility index (Phi) is 5.27. The third kappa shape index (κ3) is 3.85. The lowest BCUT2D eigenvalue weighted by molar-refractivity contribution is -0.122. The van der Waals surface area contributed by atoms with E-state index in [9.17, 15) is 14.4 Å². The second-order valence-corrected chi connectivity index (χ2v) is 8.14. The van der Waals surface area contributed by atoms with Crippen LogP contribution < -0.4 is 5.32 Å². The molecule has 1 N–H and O–H groups in total. The van der Waals surface area contributed by atoms with E-state index in [1.807, 2.05) is 53.9 Å². The second kappa shape index (κ2) is 8.00. The lowest BCUT2D eigenvalue weighted by atomic mass is 10.1. The van der Waals surface area contributed by atoms with Gasteiger partial charge in [-0.25, -0.2) is 0 Å². The van der Waals surface area contributed by atoms with E-state index in [2.05, 4.69) is 5.32 Å². The van der Waals surface area contributed by atoms with Crippen LogP contribution in [0, 0.1) is 0 Å². The molecule has 0 bridgehead atoms. The van der Waals surface area contributed by atoms with Gasteiger partial charge in [-0.15, -0.1) is 11.3 Å². The number of hydrogen-bond acceptors (Lipinski definition) is 5. The van der Waals surface area contributed by atoms with Gasteiger partial charge in [-0.2, -0.15) is 0 Å². The second-order valence-electron chi connectivity index (χ2n) is 6.17. The molecule has 0 spiro atoms. The highest BCUT2D eigenvalue weighted by Crippen LogP contribution is 2.32. The van der Waals surface area contributed by atoms with Crippen LogP contribution in [0.4, 0.5) is 4.79 Å². The number of carbonyl (C=O) groups excluding carboxylic acids is 3. The van der Waals surface area contributed by atoms with Crippen molar-refractivity contribution in [1.29, 1.82) is 0 Å². The molecule has 0 radical (unpaired) electrons. The summed E-state index contributed by atoms with van der Waals surface area (Å²) >= 11 is 2.43. The summed E-state index contributed by atoms with van der Waals surface area (Å²) in [4.78, 5) is 39.5. The predicted octanol–water partition coefficient (Wildman–Crippen LogP) is 4.37. The maximum absolute atomic E-state index is 12.4. The maximum atomic E-state index is 12.4. The minimum Gasteiger partial charge on any atom is -0.350 e. The van der Waals surface area contributed by atoms with Gasteiger partial charge in [0.15, 0.2) is 0 Å². The van der Waals surface area contributed by atoms with Gasteiger partial charge < -0.3 is 5.32 Å². The SMILES string of the molecule is O=C(NCCN1C(=O)S/C(=C\c2cccs2)C1=O)c1ccc2ccccc2c1. The van der Waals surface area contributed by atoms with Crippen LogP contribution in [0.2, 0.25) is 0 Å². The number of carbonyl (C=O) groups is 3. The molecule has 1 fully saturated rings. The molecule has 140 valence electrons. The Balaban J connectivity index is 1.37. The zero-order valence-electron chi connectivity index (χ0n) is 14.8. The molecule has 3 amide bonds. The topological polar surface area (TPSA) is 66.5 Å². The van der Waals surface area contributed by atoms with Crippen LogP contribution in [0.25, 0.3) is 16.8 Å². The average molecular weight is 409 g/mol. The molecular weight excluding hydrogens is 392 g/mol. The average Bonchev–Trinajstić information content (AvgIpc) is 3.31. The standard InChI is InChI=1S/C21H16N2O3S2/c24-19(16-8-7-14-4-1-2-5-15(14)12-16)22-9-10-23-20(25)18(28-21(23)26)13-17-6-3-11-27-17/h1-8,11-13H,9-10H2,(H,22,24)/b18-13-. The third-order valence-electron chi connectivity index (χ3n) is 4.32. The van der Waals surface area contributed by atoms with Crippen molar-refractivity contribution in [3.8, 4) is 0 Å². The number of nitrogens with one attached hydrogen (secondary N) is 1. The van der Waals surface area contributed by atoms with E-state index in [1.54, 1.807) is 12.1 Å². The fourth-order valence-electron chi connectivity index (χ4n) is 2.91. The van der Waals surface area contributed by atoms with Gasteiger partial charge in [0.1, 0.15) is 0 Å². The van der Waals surface area contributed by atoms with Crippen LogP contribution in [0.15, 0.2) is 64.9 Å². The van der Waals surface area contributed by atoms with E-state index in [0.29, 0.717) is 10.5 Å². The van der Waals surface area contributed by atoms with Gasteiger partial charge in [0.25, 0.3) is 17.1 Å². The molecule has 1 aromatic heterocycles. The number of benzene rings is 2. The van der Waals surface area contributed by atoms with E-state index in [4.69, 9.17) is 0 Å². The van der Waals surface area contributed by atoms with Gasteiger partial charge in [-0.1, -0.05) is 36.4 Å². The van der Waals surface area contributed by atoms with Gasteiger partial charge in [0.2, 0.25) is 0 Å². The molecule has 2 aromatic carbocycles. The fourth-order valence-corrected chi connectivity index (χ4v) is 4.50. The molecular formula is C21H16N2O3S2. The molecule has 1 aliphatic rings. The maximum Gasteiger partial charge on any atom is 0.293 e.